The first kappa shape index (κ1) is 14.5. The average Bonchev–Trinajstić information content (AvgIpc) is 2.83. The number of aromatic nitrogens is 2. The number of carbonyl (C=O) groups is 2. The van der Waals surface area contributed by atoms with Crippen LogP contribution in [0.4, 0.5) is 13.2 Å². The van der Waals surface area contributed by atoms with Gasteiger partial charge >= 0.3 is 18.1 Å². The molecule has 0 radical (unpaired) electrons. The summed E-state index contributed by atoms with van der Waals surface area (Å²) < 4.78 is 41.8. The summed E-state index contributed by atoms with van der Waals surface area (Å²) in [5, 5.41) is 17.5. The van der Waals surface area contributed by atoms with E-state index in [0.717, 1.165) is 6.07 Å². The van der Waals surface area contributed by atoms with Crippen molar-refractivity contribution in [3.8, 4) is 11.6 Å². The van der Waals surface area contributed by atoms with Gasteiger partial charge in [-0.3, -0.25) is 4.98 Å². The molecule has 0 aliphatic heterocycles. The second kappa shape index (κ2) is 4.89. The molecule has 0 amide bonds. The van der Waals surface area contributed by atoms with Crippen LogP contribution >= 0.6 is 0 Å². The van der Waals surface area contributed by atoms with Gasteiger partial charge in [0, 0.05) is 6.20 Å². The minimum atomic E-state index is -4.58. The zero-order valence-electron chi connectivity index (χ0n) is 9.88. The van der Waals surface area contributed by atoms with Crippen molar-refractivity contribution in [3.63, 3.8) is 0 Å². The van der Waals surface area contributed by atoms with Gasteiger partial charge in [-0.2, -0.15) is 18.2 Å². The molecule has 0 spiro atoms. The quantitative estimate of drug-likeness (QED) is 0.892. The Morgan fingerprint density at radius 2 is 1.81 bits per heavy atom. The fourth-order valence-corrected chi connectivity index (χ4v) is 1.41. The Labute approximate surface area is 113 Å². The second-order valence-corrected chi connectivity index (χ2v) is 3.74. The first-order valence-electron chi connectivity index (χ1n) is 5.21. The largest absolute Gasteiger partial charge is 0.476 e. The third kappa shape index (κ3) is 2.83. The molecule has 10 heteroatoms. The van der Waals surface area contributed by atoms with Gasteiger partial charge < -0.3 is 14.6 Å². The van der Waals surface area contributed by atoms with E-state index in [1.165, 1.54) is 0 Å². The summed E-state index contributed by atoms with van der Waals surface area (Å²) in [6.07, 6.45) is -4.08. The van der Waals surface area contributed by atoms with Crippen LogP contribution in [-0.4, -0.2) is 32.1 Å². The van der Waals surface area contributed by atoms with Crippen LogP contribution in [0.1, 0.15) is 26.6 Å². The van der Waals surface area contributed by atoms with E-state index in [-0.39, 0.29) is 5.69 Å². The minimum Gasteiger partial charge on any atom is -0.476 e. The van der Waals surface area contributed by atoms with Crippen molar-refractivity contribution in [2.75, 3.05) is 0 Å². The van der Waals surface area contributed by atoms with Gasteiger partial charge in [-0.25, -0.2) is 9.59 Å². The van der Waals surface area contributed by atoms with Crippen LogP contribution in [0, 0.1) is 0 Å². The van der Waals surface area contributed by atoms with Gasteiger partial charge in [0.2, 0.25) is 17.3 Å². The Morgan fingerprint density at radius 3 is 2.19 bits per heavy atom. The first-order valence-corrected chi connectivity index (χ1v) is 5.21. The highest BCUT2D eigenvalue weighted by Gasteiger charge is 2.31. The van der Waals surface area contributed by atoms with Crippen molar-refractivity contribution in [2.24, 2.45) is 0 Å². The molecule has 7 nitrogen and oxygen atoms in total. The van der Waals surface area contributed by atoms with E-state index in [1.807, 2.05) is 0 Å². The van der Waals surface area contributed by atoms with E-state index in [4.69, 9.17) is 14.6 Å². The maximum absolute atomic E-state index is 12.4. The second-order valence-electron chi connectivity index (χ2n) is 3.74. The van der Waals surface area contributed by atoms with E-state index in [0.29, 0.717) is 12.3 Å². The third-order valence-corrected chi connectivity index (χ3v) is 2.33. The van der Waals surface area contributed by atoms with Gasteiger partial charge in [0.25, 0.3) is 0 Å². The molecule has 2 aromatic rings. The van der Waals surface area contributed by atoms with Gasteiger partial charge in [-0.15, -0.1) is 0 Å². The van der Waals surface area contributed by atoms with Gasteiger partial charge in [-0.1, -0.05) is 0 Å². The smallest absolute Gasteiger partial charge is 0.417 e. The van der Waals surface area contributed by atoms with Crippen LogP contribution in [0.25, 0.3) is 11.6 Å². The van der Waals surface area contributed by atoms with Gasteiger partial charge in [0.05, 0.1) is 5.56 Å². The molecule has 0 aliphatic rings. The molecule has 2 N–H and O–H groups in total. The molecule has 0 fully saturated rings. The maximum atomic E-state index is 12.4. The SMILES string of the molecule is O=C(O)c1nc(-c2ccc(C(F)(F)F)cn2)oc1C(=O)O. The van der Waals surface area contributed by atoms with Crippen LogP contribution < -0.4 is 0 Å². The lowest BCUT2D eigenvalue weighted by atomic mass is 10.2. The Bertz CT molecular complexity index is 674. The normalized spacial score (nSPS) is 11.4. The van der Waals surface area contributed by atoms with Crippen LogP contribution in [-0.2, 0) is 6.18 Å². The number of hydrogen-bond donors (Lipinski definition) is 2. The molecule has 0 aromatic carbocycles. The molecule has 2 aromatic heterocycles. The fourth-order valence-electron chi connectivity index (χ4n) is 1.41. The van der Waals surface area contributed by atoms with E-state index in [9.17, 15) is 22.8 Å². The average molecular weight is 302 g/mol. The Kier molecular flexibility index (Phi) is 3.37. The number of halogens is 3. The number of pyridine rings is 1. The summed E-state index contributed by atoms with van der Waals surface area (Å²) in [6, 6.07) is 1.58. The summed E-state index contributed by atoms with van der Waals surface area (Å²) in [5.41, 5.74) is -2.10. The van der Waals surface area contributed by atoms with E-state index >= 15 is 0 Å². The maximum Gasteiger partial charge on any atom is 0.417 e. The number of alkyl halides is 3. The zero-order valence-corrected chi connectivity index (χ0v) is 9.88. The summed E-state index contributed by atoms with van der Waals surface area (Å²) in [7, 11) is 0. The van der Waals surface area contributed by atoms with Gasteiger partial charge in [0.15, 0.2) is 0 Å². The number of nitrogens with zero attached hydrogens (tertiary/aromatic N) is 2. The highest BCUT2D eigenvalue weighted by atomic mass is 19.4. The topological polar surface area (TPSA) is 114 Å². The van der Waals surface area contributed by atoms with Crippen molar-refractivity contribution in [2.45, 2.75) is 6.18 Å². The Morgan fingerprint density at radius 1 is 1.14 bits per heavy atom. The third-order valence-electron chi connectivity index (χ3n) is 2.33. The van der Waals surface area contributed by atoms with Crippen LogP contribution in [0.15, 0.2) is 22.7 Å². The van der Waals surface area contributed by atoms with Crippen LogP contribution in [0.3, 0.4) is 0 Å². The molecule has 0 aliphatic carbocycles. The molecule has 0 unspecified atom stereocenters. The fraction of sp³-hybridized carbons (Fsp3) is 0.0909. The predicted molar refractivity (Wildman–Crippen MR) is 58.7 cm³/mol. The van der Waals surface area contributed by atoms with E-state index < -0.39 is 41.0 Å². The molecule has 2 rings (SSSR count). The standard InChI is InChI=1S/C11H5F3N2O5/c12-11(13,14)4-1-2-5(15-3-4)8-16-6(9(17)18)7(21-8)10(19)20/h1-3H,(H,17,18)(H,19,20). The van der Waals surface area contributed by atoms with Crippen LogP contribution in [0.2, 0.25) is 0 Å². The molecule has 0 bridgehead atoms. The van der Waals surface area contributed by atoms with Crippen molar-refractivity contribution in [1.29, 1.82) is 0 Å². The zero-order chi connectivity index (χ0) is 15.8. The summed E-state index contributed by atoms with van der Waals surface area (Å²) >= 11 is 0. The monoisotopic (exact) mass is 302 g/mol. The number of rotatable bonds is 3. The molecular weight excluding hydrogens is 297 g/mol. The number of hydrogen-bond acceptors (Lipinski definition) is 5. The van der Waals surface area contributed by atoms with E-state index in [1.54, 1.807) is 0 Å². The lowest BCUT2D eigenvalue weighted by Crippen LogP contribution is -2.06. The molecule has 21 heavy (non-hydrogen) atoms. The molecule has 110 valence electrons. The number of oxazole rings is 1. The summed E-state index contributed by atoms with van der Waals surface area (Å²) in [5.74, 6) is -4.75. The van der Waals surface area contributed by atoms with Crippen molar-refractivity contribution >= 4 is 11.9 Å². The van der Waals surface area contributed by atoms with Gasteiger partial charge in [-0.05, 0) is 12.1 Å². The highest BCUT2D eigenvalue weighted by molar-refractivity contribution is 5.98. The molecular formula is C11H5F3N2O5. The lowest BCUT2D eigenvalue weighted by Gasteiger charge is -2.05. The number of carboxylic acid groups (broad SMARTS) is 2. The molecule has 0 saturated heterocycles. The molecule has 0 saturated carbocycles. The molecule has 0 atom stereocenters. The van der Waals surface area contributed by atoms with Gasteiger partial charge in [0.1, 0.15) is 5.69 Å². The van der Waals surface area contributed by atoms with E-state index in [2.05, 4.69) is 9.97 Å². The van der Waals surface area contributed by atoms with Crippen molar-refractivity contribution in [1.82, 2.24) is 9.97 Å². The van der Waals surface area contributed by atoms with Crippen LogP contribution in [0.5, 0.6) is 0 Å². The Hall–Kier alpha value is -2.91. The number of carboxylic acids is 2. The summed E-state index contributed by atoms with van der Waals surface area (Å²) in [4.78, 5) is 28.4. The highest BCUT2D eigenvalue weighted by Crippen LogP contribution is 2.30. The predicted octanol–water partition coefficient (Wildman–Crippen LogP) is 2.15. The Balaban J connectivity index is 2.45. The first-order chi connectivity index (χ1) is 9.70. The van der Waals surface area contributed by atoms with Crippen molar-refractivity contribution < 1.29 is 37.4 Å². The minimum absolute atomic E-state index is 0.224. The summed E-state index contributed by atoms with van der Waals surface area (Å²) in [6.45, 7) is 0. The lowest BCUT2D eigenvalue weighted by molar-refractivity contribution is -0.137. The molecule has 2 heterocycles. The number of aromatic carboxylic acids is 2. The van der Waals surface area contributed by atoms with Crippen molar-refractivity contribution in [3.05, 3.63) is 35.3 Å².